The standard InChI is InChI=1S/C14H17NO/c1-14(2)11(8-15)13(14)10-3-4-12-9(7-10)5-6-16-12/h3-7,11,13H,8,15H2,1-2H3/t11-,13-/m1/s1. The van der Waals surface area contributed by atoms with E-state index in [2.05, 4.69) is 32.0 Å². The predicted octanol–water partition coefficient (Wildman–Crippen LogP) is 3.13. The molecule has 2 aromatic rings. The highest BCUT2D eigenvalue weighted by Crippen LogP contribution is 2.63. The third-order valence-electron chi connectivity index (χ3n) is 4.14. The summed E-state index contributed by atoms with van der Waals surface area (Å²) in [4.78, 5) is 0. The van der Waals surface area contributed by atoms with Crippen molar-refractivity contribution in [3.63, 3.8) is 0 Å². The Morgan fingerprint density at radius 3 is 2.81 bits per heavy atom. The molecule has 16 heavy (non-hydrogen) atoms. The van der Waals surface area contributed by atoms with Crippen LogP contribution in [0.5, 0.6) is 0 Å². The molecule has 0 bridgehead atoms. The molecule has 1 aromatic carbocycles. The van der Waals surface area contributed by atoms with Gasteiger partial charge < -0.3 is 10.2 Å². The lowest BCUT2D eigenvalue weighted by molar-refractivity contribution is 0.558. The van der Waals surface area contributed by atoms with Crippen molar-refractivity contribution in [1.82, 2.24) is 0 Å². The smallest absolute Gasteiger partial charge is 0.133 e. The van der Waals surface area contributed by atoms with Crippen LogP contribution >= 0.6 is 0 Å². The number of hydrogen-bond donors (Lipinski definition) is 1. The molecule has 0 aliphatic heterocycles. The van der Waals surface area contributed by atoms with Crippen molar-refractivity contribution in [1.29, 1.82) is 0 Å². The molecule has 2 atom stereocenters. The van der Waals surface area contributed by atoms with E-state index in [1.807, 2.05) is 6.07 Å². The molecule has 1 fully saturated rings. The van der Waals surface area contributed by atoms with Gasteiger partial charge in [-0.05, 0) is 47.6 Å². The molecular formula is C14H17NO. The van der Waals surface area contributed by atoms with Crippen molar-refractivity contribution in [3.05, 3.63) is 36.1 Å². The van der Waals surface area contributed by atoms with Crippen molar-refractivity contribution < 1.29 is 4.42 Å². The Hall–Kier alpha value is -1.28. The lowest BCUT2D eigenvalue weighted by Crippen LogP contribution is -2.05. The van der Waals surface area contributed by atoms with E-state index in [1.54, 1.807) is 6.26 Å². The van der Waals surface area contributed by atoms with Gasteiger partial charge in [0.25, 0.3) is 0 Å². The van der Waals surface area contributed by atoms with Crippen molar-refractivity contribution in [2.24, 2.45) is 17.1 Å². The van der Waals surface area contributed by atoms with Gasteiger partial charge in [-0.15, -0.1) is 0 Å². The maximum atomic E-state index is 5.81. The van der Waals surface area contributed by atoms with Crippen molar-refractivity contribution >= 4 is 11.0 Å². The minimum atomic E-state index is 0.353. The molecule has 2 heteroatoms. The monoisotopic (exact) mass is 215 g/mol. The first-order chi connectivity index (χ1) is 7.64. The Morgan fingerprint density at radius 2 is 2.12 bits per heavy atom. The van der Waals surface area contributed by atoms with Gasteiger partial charge in [-0.25, -0.2) is 0 Å². The lowest BCUT2D eigenvalue weighted by atomic mass is 10.0. The number of hydrogen-bond acceptors (Lipinski definition) is 2. The van der Waals surface area contributed by atoms with Crippen LogP contribution in [-0.4, -0.2) is 6.54 Å². The fourth-order valence-electron chi connectivity index (χ4n) is 3.02. The summed E-state index contributed by atoms with van der Waals surface area (Å²) in [7, 11) is 0. The predicted molar refractivity (Wildman–Crippen MR) is 65.3 cm³/mol. The summed E-state index contributed by atoms with van der Waals surface area (Å²) in [5.41, 5.74) is 8.53. The zero-order chi connectivity index (χ0) is 11.3. The largest absolute Gasteiger partial charge is 0.464 e. The molecule has 1 aliphatic rings. The Morgan fingerprint density at radius 1 is 1.31 bits per heavy atom. The van der Waals surface area contributed by atoms with Crippen molar-refractivity contribution in [2.75, 3.05) is 6.54 Å². The molecule has 0 radical (unpaired) electrons. The van der Waals surface area contributed by atoms with Crippen LogP contribution in [0.15, 0.2) is 34.9 Å². The summed E-state index contributed by atoms with van der Waals surface area (Å²) in [5.74, 6) is 1.23. The molecule has 1 aliphatic carbocycles. The van der Waals surface area contributed by atoms with Gasteiger partial charge in [0, 0.05) is 5.39 Å². The van der Waals surface area contributed by atoms with E-state index in [4.69, 9.17) is 10.2 Å². The van der Waals surface area contributed by atoms with E-state index in [0.29, 0.717) is 17.3 Å². The topological polar surface area (TPSA) is 39.2 Å². The molecule has 2 nitrogen and oxygen atoms in total. The van der Waals surface area contributed by atoms with Crippen LogP contribution in [0.4, 0.5) is 0 Å². The highest BCUT2D eigenvalue weighted by atomic mass is 16.3. The Balaban J connectivity index is 2.01. The maximum absolute atomic E-state index is 5.81. The van der Waals surface area contributed by atoms with Crippen molar-refractivity contribution in [2.45, 2.75) is 19.8 Å². The van der Waals surface area contributed by atoms with Gasteiger partial charge in [-0.2, -0.15) is 0 Å². The number of furan rings is 1. The van der Waals surface area contributed by atoms with Gasteiger partial charge >= 0.3 is 0 Å². The molecule has 0 saturated heterocycles. The van der Waals surface area contributed by atoms with Gasteiger partial charge in [-0.3, -0.25) is 0 Å². The molecule has 84 valence electrons. The Kier molecular flexibility index (Phi) is 1.93. The average molecular weight is 215 g/mol. The number of fused-ring (bicyclic) bond motifs is 1. The van der Waals surface area contributed by atoms with Gasteiger partial charge in [0.1, 0.15) is 5.58 Å². The Labute approximate surface area is 95.4 Å². The minimum absolute atomic E-state index is 0.353. The zero-order valence-corrected chi connectivity index (χ0v) is 9.73. The molecular weight excluding hydrogens is 198 g/mol. The first-order valence-electron chi connectivity index (χ1n) is 5.82. The van der Waals surface area contributed by atoms with E-state index in [-0.39, 0.29) is 0 Å². The zero-order valence-electron chi connectivity index (χ0n) is 9.73. The second-order valence-corrected chi connectivity index (χ2v) is 5.36. The van der Waals surface area contributed by atoms with E-state index in [1.165, 1.54) is 10.9 Å². The van der Waals surface area contributed by atoms with E-state index < -0.39 is 0 Å². The lowest BCUT2D eigenvalue weighted by Gasteiger charge is -2.02. The molecule has 0 unspecified atom stereocenters. The Bertz CT molecular complexity index is 526. The van der Waals surface area contributed by atoms with E-state index >= 15 is 0 Å². The summed E-state index contributed by atoms with van der Waals surface area (Å²) < 4.78 is 5.35. The van der Waals surface area contributed by atoms with E-state index in [9.17, 15) is 0 Å². The van der Waals surface area contributed by atoms with Crippen LogP contribution in [0.3, 0.4) is 0 Å². The highest BCUT2D eigenvalue weighted by molar-refractivity contribution is 5.78. The fourth-order valence-corrected chi connectivity index (χ4v) is 3.02. The first kappa shape index (κ1) is 9.91. The van der Waals surface area contributed by atoms with Crippen LogP contribution in [0.1, 0.15) is 25.3 Å². The number of rotatable bonds is 2. The van der Waals surface area contributed by atoms with Gasteiger partial charge in [0.15, 0.2) is 0 Å². The summed E-state index contributed by atoms with van der Waals surface area (Å²) in [5, 5.41) is 1.19. The van der Waals surface area contributed by atoms with Crippen LogP contribution in [0.2, 0.25) is 0 Å². The summed E-state index contributed by atoms with van der Waals surface area (Å²) in [6.45, 7) is 5.38. The average Bonchev–Trinajstić information content (AvgIpc) is 2.62. The summed E-state index contributed by atoms with van der Waals surface area (Å²) in [6.07, 6.45) is 1.74. The van der Waals surface area contributed by atoms with Gasteiger partial charge in [0.2, 0.25) is 0 Å². The summed E-state index contributed by atoms with van der Waals surface area (Å²) in [6, 6.07) is 8.49. The molecule has 0 spiro atoms. The molecule has 1 saturated carbocycles. The van der Waals surface area contributed by atoms with Crippen molar-refractivity contribution in [3.8, 4) is 0 Å². The second-order valence-electron chi connectivity index (χ2n) is 5.36. The third kappa shape index (κ3) is 1.23. The fraction of sp³-hybridized carbons (Fsp3) is 0.429. The highest BCUT2D eigenvalue weighted by Gasteiger charge is 2.57. The quantitative estimate of drug-likeness (QED) is 0.836. The van der Waals surface area contributed by atoms with Crippen LogP contribution in [-0.2, 0) is 0 Å². The number of nitrogens with two attached hydrogens (primary N) is 1. The SMILES string of the molecule is CC1(C)[C@H](CN)[C@H]1c1ccc2occc2c1. The van der Waals surface area contributed by atoms with Gasteiger partial charge in [0.05, 0.1) is 6.26 Å². The second kappa shape index (κ2) is 3.11. The van der Waals surface area contributed by atoms with Crippen LogP contribution in [0, 0.1) is 11.3 Å². The summed E-state index contributed by atoms with van der Waals surface area (Å²) >= 11 is 0. The first-order valence-corrected chi connectivity index (χ1v) is 5.82. The molecule has 1 aromatic heterocycles. The normalized spacial score (nSPS) is 27.2. The van der Waals surface area contributed by atoms with Crippen LogP contribution in [0.25, 0.3) is 11.0 Å². The maximum Gasteiger partial charge on any atom is 0.133 e. The molecule has 0 amide bonds. The molecule has 1 heterocycles. The van der Waals surface area contributed by atoms with E-state index in [0.717, 1.165) is 12.1 Å². The molecule has 2 N–H and O–H groups in total. The van der Waals surface area contributed by atoms with Gasteiger partial charge in [-0.1, -0.05) is 19.9 Å². The molecule has 3 rings (SSSR count). The number of benzene rings is 1. The van der Waals surface area contributed by atoms with Crippen LogP contribution < -0.4 is 5.73 Å². The third-order valence-corrected chi connectivity index (χ3v) is 4.14. The minimum Gasteiger partial charge on any atom is -0.464 e.